The number of anilines is 4. The van der Waals surface area contributed by atoms with E-state index < -0.39 is 46.7 Å². The minimum Gasteiger partial charge on any atom is -0.477 e. The summed E-state index contributed by atoms with van der Waals surface area (Å²) in [5.41, 5.74) is -0.620. The lowest BCUT2D eigenvalue weighted by Crippen LogP contribution is -2.56. The minimum absolute atomic E-state index is 0.0214. The molecular formula is C53H79N15O11. The Balaban J connectivity index is 0.842. The number of likely N-dealkylation sites (tertiary alicyclic amines) is 1. The van der Waals surface area contributed by atoms with Crippen LogP contribution in [0.4, 0.5) is 27.8 Å². The van der Waals surface area contributed by atoms with E-state index in [0.29, 0.717) is 12.5 Å². The number of rotatable bonds is 23. The van der Waals surface area contributed by atoms with Crippen LogP contribution in [0, 0.1) is 5.92 Å². The van der Waals surface area contributed by atoms with E-state index in [-0.39, 0.29) is 95.9 Å². The van der Waals surface area contributed by atoms with Gasteiger partial charge in [-0.3, -0.25) is 33.7 Å². The zero-order chi connectivity index (χ0) is 58.0. The quantitative estimate of drug-likeness (QED) is 0.0555. The molecule has 6 heterocycles. The summed E-state index contributed by atoms with van der Waals surface area (Å²) in [5, 5.41) is 25.3. The molecule has 0 unspecified atom stereocenters. The van der Waals surface area contributed by atoms with Crippen molar-refractivity contribution < 1.29 is 52.9 Å². The van der Waals surface area contributed by atoms with Crippen molar-refractivity contribution in [1.29, 1.82) is 0 Å². The highest BCUT2D eigenvalue weighted by atomic mass is 16.6. The summed E-state index contributed by atoms with van der Waals surface area (Å²) in [6, 6.07) is 2.76. The van der Waals surface area contributed by atoms with Gasteiger partial charge in [0.1, 0.15) is 17.0 Å². The van der Waals surface area contributed by atoms with Gasteiger partial charge < -0.3 is 74.5 Å². The molecule has 2 saturated heterocycles. The number of carbonyl (C=O) groups excluding carboxylic acids is 7. The molecule has 6 rings (SSSR count). The number of hydrogen-bond acceptors (Lipinski definition) is 14. The second kappa shape index (κ2) is 25.9. The Morgan fingerprint density at radius 3 is 1.63 bits per heavy atom. The Morgan fingerprint density at radius 1 is 0.620 bits per heavy atom. The molecule has 0 aromatic carbocycles. The van der Waals surface area contributed by atoms with Gasteiger partial charge in [0.25, 0.3) is 17.7 Å². The van der Waals surface area contributed by atoms with E-state index in [1.54, 1.807) is 21.1 Å². The van der Waals surface area contributed by atoms with E-state index in [0.717, 1.165) is 65.1 Å². The molecule has 0 atom stereocenters. The van der Waals surface area contributed by atoms with E-state index in [2.05, 4.69) is 65.5 Å². The third kappa shape index (κ3) is 17.7. The number of aromatic carboxylic acids is 1. The number of carboxylic acids is 1. The first-order chi connectivity index (χ1) is 37.0. The number of hydrogen-bond donors (Lipinski definition) is 7. The third-order valence-electron chi connectivity index (χ3n) is 13.8. The largest absolute Gasteiger partial charge is 0.477 e. The van der Waals surface area contributed by atoms with E-state index in [1.165, 1.54) is 62.2 Å². The van der Waals surface area contributed by atoms with Crippen LogP contribution in [0.3, 0.4) is 0 Å². The predicted molar refractivity (Wildman–Crippen MR) is 294 cm³/mol. The number of aryl methyl sites for hydroxylation is 4. The number of piperazine rings is 1. The Bertz CT molecular complexity index is 2850. The molecule has 0 spiro atoms. The maximum Gasteiger partial charge on any atom is 0.410 e. The molecule has 0 radical (unpaired) electrons. The second-order valence-corrected chi connectivity index (χ2v) is 22.5. The number of amides is 7. The maximum absolute atomic E-state index is 13.3. The number of piperidine rings is 1. The first kappa shape index (κ1) is 60.6. The number of carboxylic acid groups (broad SMARTS) is 1. The Morgan fingerprint density at radius 2 is 1.13 bits per heavy atom. The molecule has 26 nitrogen and oxygen atoms in total. The Labute approximate surface area is 460 Å². The summed E-state index contributed by atoms with van der Waals surface area (Å²) in [4.78, 5) is 117. The van der Waals surface area contributed by atoms with Crippen molar-refractivity contribution in [1.82, 2.24) is 53.6 Å². The van der Waals surface area contributed by atoms with Crippen LogP contribution in [0.2, 0.25) is 0 Å². The fourth-order valence-corrected chi connectivity index (χ4v) is 9.42. The van der Waals surface area contributed by atoms with Crippen molar-refractivity contribution in [2.75, 3.05) is 86.8 Å². The van der Waals surface area contributed by atoms with Crippen molar-refractivity contribution in [3.63, 3.8) is 0 Å². The van der Waals surface area contributed by atoms with Crippen molar-refractivity contribution in [2.45, 2.75) is 104 Å². The first-order valence-corrected chi connectivity index (χ1v) is 26.5. The fraction of sp³-hybridized carbons (Fsp3) is 0.585. The van der Waals surface area contributed by atoms with Crippen LogP contribution in [-0.4, -0.2) is 178 Å². The number of nitrogens with one attached hydrogen (secondary N) is 6. The van der Waals surface area contributed by atoms with E-state index in [1.807, 2.05) is 39.5 Å². The normalized spacial score (nSPS) is 14.8. The van der Waals surface area contributed by atoms with Crippen LogP contribution in [0.1, 0.15) is 129 Å². The molecule has 0 aliphatic carbocycles. The molecule has 4 aromatic rings. The lowest BCUT2D eigenvalue weighted by Gasteiger charge is -2.45. The van der Waals surface area contributed by atoms with Gasteiger partial charge in [-0.15, -0.1) is 0 Å². The summed E-state index contributed by atoms with van der Waals surface area (Å²) in [7, 11) is 6.28. The summed E-state index contributed by atoms with van der Waals surface area (Å²) in [6.45, 7) is 20.8. The molecule has 79 heavy (non-hydrogen) atoms. The molecule has 7 amide bonds. The maximum atomic E-state index is 13.3. The molecule has 2 fully saturated rings. The number of nitrogens with zero attached hydrogens (tertiary/aromatic N) is 9. The van der Waals surface area contributed by atoms with Crippen molar-refractivity contribution in [2.24, 2.45) is 34.1 Å². The molecule has 2 aliphatic rings. The van der Waals surface area contributed by atoms with Gasteiger partial charge >= 0.3 is 12.1 Å². The lowest BCUT2D eigenvalue weighted by molar-refractivity contribution is -0.128. The number of ether oxygens (including phenoxy) is 2. The van der Waals surface area contributed by atoms with Gasteiger partial charge in [0.2, 0.25) is 29.4 Å². The van der Waals surface area contributed by atoms with Gasteiger partial charge in [0.05, 0.1) is 23.4 Å². The molecular weight excluding hydrogens is 1020 g/mol. The van der Waals surface area contributed by atoms with E-state index in [9.17, 15) is 43.5 Å². The van der Waals surface area contributed by atoms with Crippen molar-refractivity contribution in [3.8, 4) is 0 Å². The van der Waals surface area contributed by atoms with Gasteiger partial charge in [-0.1, -0.05) is 0 Å². The number of aromatic nitrogens is 6. The van der Waals surface area contributed by atoms with Gasteiger partial charge in [-0.2, -0.15) is 0 Å². The average Bonchev–Trinajstić information content (AvgIpc) is 4.16. The fourth-order valence-electron chi connectivity index (χ4n) is 9.42. The first-order valence-electron chi connectivity index (χ1n) is 26.5. The van der Waals surface area contributed by atoms with Gasteiger partial charge in [0, 0.05) is 137 Å². The van der Waals surface area contributed by atoms with Crippen LogP contribution >= 0.6 is 0 Å². The lowest BCUT2D eigenvalue weighted by atomic mass is 9.95. The standard InChI is InChI=1S/C53H79N15O11/c1-51(2,3)79-50(77)67-19-14-34(15-20-67)29-66-21-23-68(24-22-66)52(4,5)16-25-78-53(6,7)28-43(71)54-17-12-41(69)58-39-32-64(10)44(60-39)47(73)56-35-26-37(62(8)30-35)46(72)55-18-13-42(70)59-40-33-65(11)45(61-40)48(74)57-36-27-38(49(75)76)63(9)31-36/h26-27,30-34H,12-25,28-29H2,1-11H3,(H,54,71)(H,55,72)(H,56,73)(H,57,74)(H,58,69)(H,59,70)(H,75,76). The third-order valence-corrected chi connectivity index (χ3v) is 13.8. The molecule has 0 bridgehead atoms. The summed E-state index contributed by atoms with van der Waals surface area (Å²) in [5.74, 6) is -3.35. The topological polar surface area (TPSA) is 303 Å². The Hall–Kier alpha value is -7.58. The summed E-state index contributed by atoms with van der Waals surface area (Å²) in [6.07, 6.45) is 8.34. The van der Waals surface area contributed by atoms with Gasteiger partial charge in [-0.05, 0) is 85.8 Å². The van der Waals surface area contributed by atoms with Crippen LogP contribution in [0.15, 0.2) is 36.9 Å². The monoisotopic (exact) mass is 1100 g/mol. The number of carbonyl (C=O) groups is 8. The van der Waals surface area contributed by atoms with Gasteiger partial charge in [0.15, 0.2) is 11.6 Å². The average molecular weight is 1100 g/mol. The highest BCUT2D eigenvalue weighted by Crippen LogP contribution is 2.26. The molecule has 7 N–H and O–H groups in total. The molecule has 2 aliphatic heterocycles. The van der Waals surface area contributed by atoms with Crippen LogP contribution < -0.4 is 31.9 Å². The highest BCUT2D eigenvalue weighted by Gasteiger charge is 2.33. The minimum atomic E-state index is -1.15. The van der Waals surface area contributed by atoms with Crippen LogP contribution in [0.25, 0.3) is 0 Å². The van der Waals surface area contributed by atoms with Crippen molar-refractivity contribution in [3.05, 3.63) is 60.0 Å². The molecule has 26 heteroatoms. The summed E-state index contributed by atoms with van der Waals surface area (Å²) >= 11 is 0. The SMILES string of the molecule is Cn1cc(NC(=O)c2nc(NC(=O)CCNC(=O)c3cc(NC(=O)c4nc(NC(=O)CCNC(=O)CC(C)(C)OCCC(C)(C)N5CCN(CC6CCN(C(=O)OC(C)(C)C)CC6)CC5)cn4C)cn3C)cn2C)cc1C(=O)O. The van der Waals surface area contributed by atoms with Gasteiger partial charge in [-0.25, -0.2) is 19.6 Å². The van der Waals surface area contributed by atoms with Crippen LogP contribution in [-0.2, 0) is 52.0 Å². The highest BCUT2D eigenvalue weighted by molar-refractivity contribution is 6.04. The second-order valence-electron chi connectivity index (χ2n) is 22.5. The molecule has 0 saturated carbocycles. The number of imidazole rings is 2. The summed E-state index contributed by atoms with van der Waals surface area (Å²) < 4.78 is 17.5. The van der Waals surface area contributed by atoms with Crippen molar-refractivity contribution >= 4 is 70.5 Å². The molecule has 4 aromatic heterocycles. The van der Waals surface area contributed by atoms with E-state index in [4.69, 9.17) is 9.47 Å². The zero-order valence-electron chi connectivity index (χ0n) is 47.4. The smallest absolute Gasteiger partial charge is 0.410 e. The Kier molecular flexibility index (Phi) is 19.9. The zero-order valence-corrected chi connectivity index (χ0v) is 47.4. The molecule has 432 valence electrons. The predicted octanol–water partition coefficient (Wildman–Crippen LogP) is 3.86. The van der Waals surface area contributed by atoms with Crippen LogP contribution in [0.5, 0.6) is 0 Å². The van der Waals surface area contributed by atoms with E-state index >= 15 is 0 Å².